The first-order valence-electron chi connectivity index (χ1n) is 6.95. The van der Waals surface area contributed by atoms with Gasteiger partial charge in [0.2, 0.25) is 5.91 Å². The second kappa shape index (κ2) is 7.97. The van der Waals surface area contributed by atoms with Gasteiger partial charge in [0.05, 0.1) is 12.9 Å². The zero-order chi connectivity index (χ0) is 16.8. The van der Waals surface area contributed by atoms with E-state index in [1.807, 2.05) is 25.1 Å². The van der Waals surface area contributed by atoms with Crippen molar-refractivity contribution in [3.63, 3.8) is 0 Å². The predicted molar refractivity (Wildman–Crippen MR) is 88.9 cm³/mol. The molecule has 2 aromatic rings. The second-order valence-electron chi connectivity index (χ2n) is 4.99. The highest BCUT2D eigenvalue weighted by atomic mass is 32.2. The quantitative estimate of drug-likeness (QED) is 0.860. The Kier molecular flexibility index (Phi) is 5.98. The van der Waals surface area contributed by atoms with Crippen LogP contribution in [-0.4, -0.2) is 18.8 Å². The van der Waals surface area contributed by atoms with Crippen LogP contribution in [0.3, 0.4) is 0 Å². The van der Waals surface area contributed by atoms with Crippen LogP contribution < -0.4 is 10.1 Å². The van der Waals surface area contributed by atoms with Crippen molar-refractivity contribution in [1.29, 1.82) is 0 Å². The van der Waals surface area contributed by atoms with E-state index in [9.17, 15) is 13.6 Å². The standard InChI is InChI=1S/C17H17F2NO2S/c1-11-3-6-16(22-2)12(7-11)9-23-10-17(21)20-13-4-5-14(18)15(19)8-13/h3-8H,9-10H2,1-2H3,(H,20,21). The van der Waals surface area contributed by atoms with Gasteiger partial charge in [-0.25, -0.2) is 8.78 Å². The highest BCUT2D eigenvalue weighted by Crippen LogP contribution is 2.24. The fourth-order valence-electron chi connectivity index (χ4n) is 2.04. The van der Waals surface area contributed by atoms with E-state index in [2.05, 4.69) is 5.32 Å². The maximum Gasteiger partial charge on any atom is 0.234 e. The molecule has 0 spiro atoms. The maximum atomic E-state index is 13.1. The molecular weight excluding hydrogens is 320 g/mol. The van der Waals surface area contributed by atoms with E-state index in [0.29, 0.717) is 5.75 Å². The molecule has 0 saturated carbocycles. The Hall–Kier alpha value is -2.08. The lowest BCUT2D eigenvalue weighted by atomic mass is 10.1. The van der Waals surface area contributed by atoms with E-state index >= 15 is 0 Å². The molecule has 2 aromatic carbocycles. The second-order valence-corrected chi connectivity index (χ2v) is 5.97. The van der Waals surface area contributed by atoms with Crippen LogP contribution in [0.2, 0.25) is 0 Å². The first-order valence-corrected chi connectivity index (χ1v) is 8.11. The van der Waals surface area contributed by atoms with Crippen molar-refractivity contribution in [1.82, 2.24) is 0 Å². The Morgan fingerprint density at radius 3 is 2.65 bits per heavy atom. The molecule has 2 rings (SSSR count). The number of carbonyl (C=O) groups excluding carboxylic acids is 1. The Morgan fingerprint density at radius 1 is 1.17 bits per heavy atom. The van der Waals surface area contributed by atoms with Crippen LogP contribution in [0.4, 0.5) is 14.5 Å². The summed E-state index contributed by atoms with van der Waals surface area (Å²) in [6.45, 7) is 1.99. The maximum absolute atomic E-state index is 13.1. The molecule has 0 radical (unpaired) electrons. The number of aryl methyl sites for hydroxylation is 1. The van der Waals surface area contributed by atoms with Gasteiger partial charge in [-0.15, -0.1) is 11.8 Å². The lowest BCUT2D eigenvalue weighted by Crippen LogP contribution is -2.14. The summed E-state index contributed by atoms with van der Waals surface area (Å²) in [6.07, 6.45) is 0. The number of ether oxygens (including phenoxy) is 1. The van der Waals surface area contributed by atoms with E-state index in [4.69, 9.17) is 4.74 Å². The smallest absolute Gasteiger partial charge is 0.234 e. The van der Waals surface area contributed by atoms with Crippen LogP contribution in [0.5, 0.6) is 5.75 Å². The van der Waals surface area contributed by atoms with Crippen LogP contribution in [0.1, 0.15) is 11.1 Å². The van der Waals surface area contributed by atoms with Crippen LogP contribution in [0.25, 0.3) is 0 Å². The Labute approximate surface area is 138 Å². The molecule has 0 aliphatic carbocycles. The number of halogens is 2. The molecule has 6 heteroatoms. The summed E-state index contributed by atoms with van der Waals surface area (Å²) in [5, 5.41) is 2.54. The number of amides is 1. The SMILES string of the molecule is COc1ccc(C)cc1CSCC(=O)Nc1ccc(F)c(F)c1. The van der Waals surface area contributed by atoms with Crippen molar-refractivity contribution >= 4 is 23.4 Å². The van der Waals surface area contributed by atoms with Gasteiger partial charge >= 0.3 is 0 Å². The molecule has 0 aromatic heterocycles. The predicted octanol–water partition coefficient (Wildman–Crippen LogP) is 4.15. The average molecular weight is 337 g/mol. The highest BCUT2D eigenvalue weighted by Gasteiger charge is 2.08. The molecular formula is C17H17F2NO2S. The van der Waals surface area contributed by atoms with Gasteiger partial charge in [-0.05, 0) is 25.1 Å². The van der Waals surface area contributed by atoms with Gasteiger partial charge in [-0.2, -0.15) is 0 Å². The molecule has 3 nitrogen and oxygen atoms in total. The molecule has 0 aliphatic rings. The average Bonchev–Trinajstić information content (AvgIpc) is 2.51. The van der Waals surface area contributed by atoms with Gasteiger partial charge in [0.15, 0.2) is 11.6 Å². The molecule has 1 amide bonds. The van der Waals surface area contributed by atoms with Crippen molar-refractivity contribution in [2.75, 3.05) is 18.2 Å². The third kappa shape index (κ3) is 4.96. The van der Waals surface area contributed by atoms with E-state index in [1.54, 1.807) is 7.11 Å². The normalized spacial score (nSPS) is 10.4. The van der Waals surface area contributed by atoms with E-state index in [-0.39, 0.29) is 17.3 Å². The van der Waals surface area contributed by atoms with Gasteiger partial charge in [0, 0.05) is 23.1 Å². The lowest BCUT2D eigenvalue weighted by molar-refractivity contribution is -0.113. The minimum absolute atomic E-state index is 0.204. The number of methoxy groups -OCH3 is 1. The Morgan fingerprint density at radius 2 is 1.96 bits per heavy atom. The largest absolute Gasteiger partial charge is 0.496 e. The van der Waals surface area contributed by atoms with Crippen LogP contribution in [0.15, 0.2) is 36.4 Å². The van der Waals surface area contributed by atoms with E-state index in [0.717, 1.165) is 29.0 Å². The summed E-state index contributed by atoms with van der Waals surface area (Å²) in [6, 6.07) is 9.14. The van der Waals surface area contributed by atoms with Crippen molar-refractivity contribution in [2.24, 2.45) is 0 Å². The van der Waals surface area contributed by atoms with E-state index < -0.39 is 11.6 Å². The third-order valence-electron chi connectivity index (χ3n) is 3.13. The summed E-state index contributed by atoms with van der Waals surface area (Å²) in [5.41, 5.74) is 2.37. The van der Waals surface area contributed by atoms with Crippen LogP contribution >= 0.6 is 11.8 Å². The number of rotatable bonds is 6. The topological polar surface area (TPSA) is 38.3 Å². The number of nitrogens with one attached hydrogen (secondary N) is 1. The van der Waals surface area contributed by atoms with E-state index in [1.165, 1.54) is 17.8 Å². The first kappa shape index (κ1) is 17.3. The first-order chi connectivity index (χ1) is 11.0. The number of hydrogen-bond donors (Lipinski definition) is 1. The third-order valence-corrected chi connectivity index (χ3v) is 4.11. The number of benzene rings is 2. The fraction of sp³-hybridized carbons (Fsp3) is 0.235. The zero-order valence-electron chi connectivity index (χ0n) is 12.9. The van der Waals surface area contributed by atoms with Crippen LogP contribution in [0, 0.1) is 18.6 Å². The van der Waals surface area contributed by atoms with Gasteiger partial charge in [0.1, 0.15) is 5.75 Å². The summed E-state index contributed by atoms with van der Waals surface area (Å²) >= 11 is 1.42. The van der Waals surface area contributed by atoms with Crippen molar-refractivity contribution < 1.29 is 18.3 Å². The molecule has 0 bridgehead atoms. The highest BCUT2D eigenvalue weighted by molar-refractivity contribution is 7.99. The summed E-state index contributed by atoms with van der Waals surface area (Å²) < 4.78 is 31.2. The molecule has 0 saturated heterocycles. The minimum Gasteiger partial charge on any atom is -0.496 e. The molecule has 0 aliphatic heterocycles. The molecule has 0 atom stereocenters. The van der Waals surface area contributed by atoms with Crippen molar-refractivity contribution in [2.45, 2.75) is 12.7 Å². The Bertz CT molecular complexity index is 707. The fourth-order valence-corrected chi connectivity index (χ4v) is 2.85. The van der Waals surface area contributed by atoms with Crippen molar-refractivity contribution in [3.05, 3.63) is 59.2 Å². The number of hydrogen-bond acceptors (Lipinski definition) is 3. The van der Waals surface area contributed by atoms with Crippen molar-refractivity contribution in [3.8, 4) is 5.75 Å². The number of thioether (sulfide) groups is 1. The minimum atomic E-state index is -0.986. The molecule has 0 fully saturated rings. The van der Waals surface area contributed by atoms with Gasteiger partial charge in [-0.1, -0.05) is 17.7 Å². The van der Waals surface area contributed by atoms with Gasteiger partial charge in [0.25, 0.3) is 0 Å². The summed E-state index contributed by atoms with van der Waals surface area (Å²) in [7, 11) is 1.61. The zero-order valence-corrected chi connectivity index (χ0v) is 13.7. The Balaban J connectivity index is 1.87. The molecule has 0 heterocycles. The van der Waals surface area contributed by atoms with Gasteiger partial charge in [-0.3, -0.25) is 4.79 Å². The molecule has 0 unspecified atom stereocenters. The summed E-state index contributed by atoms with van der Waals surface area (Å²) in [5.74, 6) is -0.591. The number of carbonyl (C=O) groups is 1. The van der Waals surface area contributed by atoms with Gasteiger partial charge < -0.3 is 10.1 Å². The monoisotopic (exact) mass is 337 g/mol. The lowest BCUT2D eigenvalue weighted by Gasteiger charge is -2.09. The molecule has 1 N–H and O–H groups in total. The molecule has 23 heavy (non-hydrogen) atoms. The molecule has 122 valence electrons. The number of anilines is 1. The summed E-state index contributed by atoms with van der Waals surface area (Å²) in [4.78, 5) is 11.8. The van der Waals surface area contributed by atoms with Crippen LogP contribution in [-0.2, 0) is 10.5 Å².